The summed E-state index contributed by atoms with van der Waals surface area (Å²) in [7, 11) is 0. The third-order valence-electron chi connectivity index (χ3n) is 3.57. The quantitative estimate of drug-likeness (QED) is 0.656. The van der Waals surface area contributed by atoms with Gasteiger partial charge in [-0.3, -0.25) is 4.79 Å². The molecular formula is C16H19ClN4O2S2. The van der Waals surface area contributed by atoms with Gasteiger partial charge < -0.3 is 15.4 Å². The molecule has 134 valence electrons. The smallest absolute Gasteiger partial charge is 0.225 e. The Kier molecular flexibility index (Phi) is 6.92. The summed E-state index contributed by atoms with van der Waals surface area (Å²) in [6, 6.07) is 7.11. The van der Waals surface area contributed by atoms with Crippen molar-refractivity contribution in [1.82, 2.24) is 10.2 Å². The number of nitrogens with one attached hydrogen (secondary N) is 2. The van der Waals surface area contributed by atoms with Crippen molar-refractivity contribution in [3.63, 3.8) is 0 Å². The number of benzene rings is 1. The maximum absolute atomic E-state index is 11.9. The molecule has 1 fully saturated rings. The minimum Gasteiger partial charge on any atom is -0.376 e. The van der Waals surface area contributed by atoms with E-state index in [0.717, 1.165) is 35.5 Å². The summed E-state index contributed by atoms with van der Waals surface area (Å²) in [5.41, 5.74) is 0.707. The highest BCUT2D eigenvalue weighted by Crippen LogP contribution is 2.26. The molecule has 25 heavy (non-hydrogen) atoms. The Balaban J connectivity index is 1.36. The molecule has 0 aliphatic carbocycles. The number of ether oxygens (including phenoxy) is 1. The van der Waals surface area contributed by atoms with Gasteiger partial charge in [0.25, 0.3) is 0 Å². The fraction of sp³-hybridized carbons (Fsp3) is 0.438. The van der Waals surface area contributed by atoms with Crippen LogP contribution in [0.2, 0.25) is 5.02 Å². The molecule has 1 aromatic carbocycles. The number of aromatic nitrogens is 2. The van der Waals surface area contributed by atoms with E-state index in [1.54, 1.807) is 18.2 Å². The first-order valence-electron chi connectivity index (χ1n) is 8.06. The second kappa shape index (κ2) is 9.38. The highest BCUT2D eigenvalue weighted by molar-refractivity contribution is 8.01. The van der Waals surface area contributed by atoms with Crippen LogP contribution < -0.4 is 10.6 Å². The zero-order chi connectivity index (χ0) is 17.5. The lowest BCUT2D eigenvalue weighted by Gasteiger charge is -2.08. The number of hydrogen-bond acceptors (Lipinski definition) is 7. The van der Waals surface area contributed by atoms with Gasteiger partial charge in [-0.25, -0.2) is 0 Å². The number of carbonyl (C=O) groups is 1. The number of anilines is 2. The minimum atomic E-state index is -0.0454. The van der Waals surface area contributed by atoms with Crippen LogP contribution in [0, 0.1) is 0 Å². The summed E-state index contributed by atoms with van der Waals surface area (Å²) in [6.07, 6.45) is 2.89. The van der Waals surface area contributed by atoms with Crippen LogP contribution in [-0.2, 0) is 9.53 Å². The predicted molar refractivity (Wildman–Crippen MR) is 103 cm³/mol. The first-order valence-corrected chi connectivity index (χ1v) is 10.2. The second-order valence-corrected chi connectivity index (χ2v) is 8.30. The molecule has 9 heteroatoms. The monoisotopic (exact) mass is 398 g/mol. The van der Waals surface area contributed by atoms with Gasteiger partial charge in [-0.15, -0.1) is 10.2 Å². The number of thioether (sulfide) groups is 1. The van der Waals surface area contributed by atoms with Crippen LogP contribution in [-0.4, -0.2) is 41.1 Å². The van der Waals surface area contributed by atoms with E-state index >= 15 is 0 Å². The van der Waals surface area contributed by atoms with Gasteiger partial charge in [0.2, 0.25) is 11.0 Å². The maximum atomic E-state index is 11.9. The van der Waals surface area contributed by atoms with Crippen molar-refractivity contribution in [1.29, 1.82) is 0 Å². The van der Waals surface area contributed by atoms with Crippen LogP contribution in [0.25, 0.3) is 0 Å². The summed E-state index contributed by atoms with van der Waals surface area (Å²) < 4.78 is 6.42. The van der Waals surface area contributed by atoms with Gasteiger partial charge in [0.05, 0.1) is 6.10 Å². The SMILES string of the molecule is O=C(CCSc1nnc(NCC2CCCO2)s1)Nc1cccc(Cl)c1. The number of nitrogens with zero attached hydrogens (tertiary/aromatic N) is 2. The maximum Gasteiger partial charge on any atom is 0.225 e. The van der Waals surface area contributed by atoms with Crippen molar-refractivity contribution in [3.05, 3.63) is 29.3 Å². The van der Waals surface area contributed by atoms with Crippen LogP contribution >= 0.6 is 34.7 Å². The summed E-state index contributed by atoms with van der Waals surface area (Å²) in [5, 5.41) is 15.7. The molecule has 3 rings (SSSR count). The number of halogens is 1. The summed E-state index contributed by atoms with van der Waals surface area (Å²) >= 11 is 8.93. The van der Waals surface area contributed by atoms with Crippen molar-refractivity contribution in [3.8, 4) is 0 Å². The van der Waals surface area contributed by atoms with Crippen molar-refractivity contribution in [2.75, 3.05) is 29.5 Å². The van der Waals surface area contributed by atoms with E-state index in [1.807, 2.05) is 6.07 Å². The van der Waals surface area contributed by atoms with Crippen molar-refractivity contribution >= 4 is 51.4 Å². The Morgan fingerprint density at radius 2 is 2.36 bits per heavy atom. The molecular weight excluding hydrogens is 380 g/mol. The highest BCUT2D eigenvalue weighted by atomic mass is 35.5. The van der Waals surface area contributed by atoms with Gasteiger partial charge in [0, 0.05) is 36.0 Å². The average molecular weight is 399 g/mol. The molecule has 1 unspecified atom stereocenters. The normalized spacial score (nSPS) is 16.8. The highest BCUT2D eigenvalue weighted by Gasteiger charge is 2.16. The zero-order valence-corrected chi connectivity index (χ0v) is 15.9. The molecule has 1 aromatic heterocycles. The Hall–Kier alpha value is -1.35. The van der Waals surface area contributed by atoms with E-state index in [-0.39, 0.29) is 12.0 Å². The number of carbonyl (C=O) groups excluding carboxylic acids is 1. The number of rotatable bonds is 8. The first kappa shape index (κ1) is 18.4. The topological polar surface area (TPSA) is 76.1 Å². The Morgan fingerprint density at radius 3 is 3.16 bits per heavy atom. The number of amides is 1. The summed E-state index contributed by atoms with van der Waals surface area (Å²) in [6.45, 7) is 1.61. The van der Waals surface area contributed by atoms with E-state index < -0.39 is 0 Å². The molecule has 0 saturated carbocycles. The van der Waals surface area contributed by atoms with Gasteiger partial charge in [0.1, 0.15) is 0 Å². The van der Waals surface area contributed by atoms with E-state index in [4.69, 9.17) is 16.3 Å². The molecule has 1 saturated heterocycles. The molecule has 6 nitrogen and oxygen atoms in total. The first-order chi connectivity index (χ1) is 12.2. The zero-order valence-electron chi connectivity index (χ0n) is 13.5. The molecule has 1 atom stereocenters. The summed E-state index contributed by atoms with van der Waals surface area (Å²) in [4.78, 5) is 11.9. The van der Waals surface area contributed by atoms with Gasteiger partial charge in [-0.1, -0.05) is 40.8 Å². The lowest BCUT2D eigenvalue weighted by molar-refractivity contribution is -0.115. The minimum absolute atomic E-state index is 0.0454. The third kappa shape index (κ3) is 6.14. The van der Waals surface area contributed by atoms with Gasteiger partial charge >= 0.3 is 0 Å². The predicted octanol–water partition coefficient (Wildman–Crippen LogP) is 3.90. The second-order valence-electron chi connectivity index (χ2n) is 5.55. The largest absolute Gasteiger partial charge is 0.376 e. The van der Waals surface area contributed by atoms with E-state index in [2.05, 4.69) is 20.8 Å². The van der Waals surface area contributed by atoms with E-state index in [0.29, 0.717) is 22.9 Å². The van der Waals surface area contributed by atoms with Crippen LogP contribution in [0.4, 0.5) is 10.8 Å². The van der Waals surface area contributed by atoms with Gasteiger partial charge in [-0.2, -0.15) is 0 Å². The van der Waals surface area contributed by atoms with Gasteiger partial charge in [0.15, 0.2) is 4.34 Å². The Labute approximate surface area is 159 Å². The van der Waals surface area contributed by atoms with Crippen molar-refractivity contribution < 1.29 is 9.53 Å². The fourth-order valence-electron chi connectivity index (χ4n) is 2.37. The lowest BCUT2D eigenvalue weighted by atomic mass is 10.2. The fourth-order valence-corrected chi connectivity index (χ4v) is 4.32. The van der Waals surface area contributed by atoms with Crippen LogP contribution in [0.3, 0.4) is 0 Å². The Bertz CT molecular complexity index is 707. The third-order valence-corrected chi connectivity index (χ3v) is 5.83. The van der Waals surface area contributed by atoms with Crippen LogP contribution in [0.1, 0.15) is 19.3 Å². The molecule has 1 amide bonds. The molecule has 0 radical (unpaired) electrons. The molecule has 0 bridgehead atoms. The molecule has 0 spiro atoms. The van der Waals surface area contributed by atoms with Crippen molar-refractivity contribution in [2.45, 2.75) is 29.7 Å². The van der Waals surface area contributed by atoms with Gasteiger partial charge in [-0.05, 0) is 31.0 Å². The summed E-state index contributed by atoms with van der Waals surface area (Å²) in [5.74, 6) is 0.600. The Morgan fingerprint density at radius 1 is 1.44 bits per heavy atom. The van der Waals surface area contributed by atoms with Crippen molar-refractivity contribution in [2.24, 2.45) is 0 Å². The van der Waals surface area contributed by atoms with Crippen LogP contribution in [0.5, 0.6) is 0 Å². The molecule has 2 aromatic rings. The van der Waals surface area contributed by atoms with Crippen LogP contribution in [0.15, 0.2) is 28.6 Å². The number of hydrogen-bond donors (Lipinski definition) is 2. The lowest BCUT2D eigenvalue weighted by Crippen LogP contribution is -2.18. The standard InChI is InChI=1S/C16H19ClN4O2S2/c17-11-3-1-4-12(9-11)19-14(22)6-8-24-16-21-20-15(25-16)18-10-13-5-2-7-23-13/h1,3-4,9,13H,2,5-8,10H2,(H,18,20)(H,19,22). The van der Waals surface area contributed by atoms with E-state index in [1.165, 1.54) is 23.1 Å². The average Bonchev–Trinajstić information content (AvgIpc) is 3.24. The molecule has 2 N–H and O–H groups in total. The van der Waals surface area contributed by atoms with E-state index in [9.17, 15) is 4.79 Å². The molecule has 2 heterocycles. The molecule has 1 aliphatic heterocycles. The molecule has 1 aliphatic rings.